The van der Waals surface area contributed by atoms with E-state index in [4.69, 9.17) is 16.3 Å². The molecule has 24 heavy (non-hydrogen) atoms. The number of amides is 1. The van der Waals surface area contributed by atoms with E-state index in [1.54, 1.807) is 11.9 Å². The van der Waals surface area contributed by atoms with Gasteiger partial charge < -0.3 is 9.64 Å². The Morgan fingerprint density at radius 3 is 2.29 bits per heavy atom. The van der Waals surface area contributed by atoms with E-state index in [1.165, 1.54) is 0 Å². The Hall–Kier alpha value is -2.00. The van der Waals surface area contributed by atoms with Gasteiger partial charge in [0.2, 0.25) is 0 Å². The predicted molar refractivity (Wildman–Crippen MR) is 98.5 cm³/mol. The summed E-state index contributed by atoms with van der Waals surface area (Å²) >= 11 is 6.19. The molecule has 128 valence electrons. The van der Waals surface area contributed by atoms with E-state index in [1.807, 2.05) is 63.2 Å². The fourth-order valence-electron chi connectivity index (χ4n) is 2.63. The number of hydrogen-bond acceptors (Lipinski definition) is 2. The Morgan fingerprint density at radius 2 is 1.75 bits per heavy atom. The molecule has 1 atom stereocenters. The number of likely N-dealkylation sites (N-methyl/N-ethyl adjacent to an activating group) is 1. The summed E-state index contributed by atoms with van der Waals surface area (Å²) in [4.78, 5) is 14.4. The summed E-state index contributed by atoms with van der Waals surface area (Å²) < 4.78 is 5.95. The first-order valence-corrected chi connectivity index (χ1v) is 8.52. The number of benzene rings is 2. The Labute approximate surface area is 149 Å². The Bertz CT molecular complexity index is 677. The van der Waals surface area contributed by atoms with Crippen molar-refractivity contribution in [1.82, 2.24) is 4.90 Å². The molecule has 0 heterocycles. The lowest BCUT2D eigenvalue weighted by Crippen LogP contribution is -2.39. The molecule has 0 spiro atoms. The van der Waals surface area contributed by atoms with Gasteiger partial charge in [0, 0.05) is 18.6 Å². The van der Waals surface area contributed by atoms with Crippen LogP contribution < -0.4 is 4.74 Å². The van der Waals surface area contributed by atoms with Gasteiger partial charge in [-0.15, -0.1) is 0 Å². The highest BCUT2D eigenvalue weighted by atomic mass is 35.5. The van der Waals surface area contributed by atoms with Gasteiger partial charge in [0.1, 0.15) is 5.75 Å². The number of nitrogens with zero attached hydrogens (tertiary/aromatic N) is 1. The first-order valence-electron chi connectivity index (χ1n) is 8.14. The largest absolute Gasteiger partial charge is 0.481 e. The fraction of sp³-hybridized carbons (Fsp3) is 0.350. The molecule has 0 radical (unpaired) electrons. The maximum atomic E-state index is 12.7. The molecule has 0 bridgehead atoms. The molecule has 0 aliphatic heterocycles. The molecule has 1 amide bonds. The second-order valence-corrected chi connectivity index (χ2v) is 6.44. The van der Waals surface area contributed by atoms with E-state index in [-0.39, 0.29) is 5.91 Å². The van der Waals surface area contributed by atoms with Gasteiger partial charge in [-0.2, -0.15) is 0 Å². The van der Waals surface area contributed by atoms with E-state index in [0.717, 1.165) is 21.7 Å². The molecule has 0 aliphatic carbocycles. The molecule has 0 saturated carbocycles. The molecule has 3 nitrogen and oxygen atoms in total. The van der Waals surface area contributed by atoms with Crippen LogP contribution in [0.1, 0.15) is 30.0 Å². The molecule has 4 heteroatoms. The second kappa shape index (κ2) is 8.20. The van der Waals surface area contributed by atoms with Crippen LogP contribution in [0.15, 0.2) is 42.5 Å². The van der Waals surface area contributed by atoms with Crippen LogP contribution in [0, 0.1) is 13.8 Å². The van der Waals surface area contributed by atoms with Crippen LogP contribution in [0.2, 0.25) is 5.02 Å². The minimum Gasteiger partial charge on any atom is -0.481 e. The average molecular weight is 346 g/mol. The van der Waals surface area contributed by atoms with Crippen LogP contribution in [-0.2, 0) is 11.3 Å². The van der Waals surface area contributed by atoms with Crippen molar-refractivity contribution in [2.75, 3.05) is 7.05 Å². The van der Waals surface area contributed by atoms with Crippen LogP contribution in [0.3, 0.4) is 0 Å². The minimum atomic E-state index is -0.501. The van der Waals surface area contributed by atoms with Crippen molar-refractivity contribution in [3.8, 4) is 5.75 Å². The molecule has 1 unspecified atom stereocenters. The zero-order valence-corrected chi connectivity index (χ0v) is 15.4. The number of carbonyl (C=O) groups excluding carboxylic acids is 1. The highest BCUT2D eigenvalue weighted by Gasteiger charge is 2.22. The number of carbonyl (C=O) groups is 1. The molecule has 2 aromatic carbocycles. The standard InChI is InChI=1S/C20H24ClNO2/c1-5-18(24-17-11-14(2)19(21)15(3)12-17)20(23)22(4)13-16-9-7-6-8-10-16/h6-12,18H,5,13H2,1-4H3. The number of halogens is 1. The Balaban J connectivity index is 2.08. The fourth-order valence-corrected chi connectivity index (χ4v) is 2.74. The van der Waals surface area contributed by atoms with Gasteiger partial charge in [0.05, 0.1) is 0 Å². The molecule has 0 aromatic heterocycles. The lowest BCUT2D eigenvalue weighted by Gasteiger charge is -2.24. The third kappa shape index (κ3) is 4.51. The molecule has 2 rings (SSSR count). The lowest BCUT2D eigenvalue weighted by molar-refractivity contribution is -0.138. The summed E-state index contributed by atoms with van der Waals surface area (Å²) in [5.74, 6) is 0.661. The molecule has 2 aromatic rings. The second-order valence-electron chi connectivity index (χ2n) is 6.07. The maximum absolute atomic E-state index is 12.7. The molecule has 0 N–H and O–H groups in total. The van der Waals surface area contributed by atoms with E-state index < -0.39 is 6.10 Å². The monoisotopic (exact) mass is 345 g/mol. The van der Waals surface area contributed by atoms with Crippen molar-refractivity contribution in [2.24, 2.45) is 0 Å². The van der Waals surface area contributed by atoms with Gasteiger partial charge in [-0.1, -0.05) is 48.9 Å². The van der Waals surface area contributed by atoms with Crippen molar-refractivity contribution in [3.05, 3.63) is 64.2 Å². The van der Waals surface area contributed by atoms with Crippen LogP contribution >= 0.6 is 11.6 Å². The Kier molecular flexibility index (Phi) is 6.27. The molecule has 0 aliphatic rings. The molecule has 0 fully saturated rings. The number of rotatable bonds is 6. The first-order chi connectivity index (χ1) is 11.4. The summed E-state index contributed by atoms with van der Waals surface area (Å²) in [6.07, 6.45) is 0.109. The van der Waals surface area contributed by atoms with E-state index >= 15 is 0 Å². The third-order valence-corrected chi connectivity index (χ3v) is 4.57. The van der Waals surface area contributed by atoms with Gasteiger partial charge >= 0.3 is 0 Å². The van der Waals surface area contributed by atoms with Crippen LogP contribution in [0.25, 0.3) is 0 Å². The quantitative estimate of drug-likeness (QED) is 0.754. The van der Waals surface area contributed by atoms with Gasteiger partial charge in [0.25, 0.3) is 5.91 Å². The topological polar surface area (TPSA) is 29.5 Å². The van der Waals surface area contributed by atoms with Gasteiger partial charge in [-0.05, 0) is 49.1 Å². The summed E-state index contributed by atoms with van der Waals surface area (Å²) in [6, 6.07) is 13.7. The average Bonchev–Trinajstić information content (AvgIpc) is 2.57. The molecular formula is C20H24ClNO2. The van der Waals surface area contributed by atoms with Gasteiger partial charge in [-0.25, -0.2) is 0 Å². The normalized spacial score (nSPS) is 11.9. The zero-order chi connectivity index (χ0) is 17.7. The minimum absolute atomic E-state index is 0.0217. The highest BCUT2D eigenvalue weighted by Crippen LogP contribution is 2.27. The summed E-state index contributed by atoms with van der Waals surface area (Å²) in [5.41, 5.74) is 3.00. The molecule has 0 saturated heterocycles. The Morgan fingerprint density at radius 1 is 1.17 bits per heavy atom. The van der Waals surface area contributed by atoms with E-state index in [0.29, 0.717) is 18.7 Å². The van der Waals surface area contributed by atoms with Crippen molar-refractivity contribution >= 4 is 17.5 Å². The van der Waals surface area contributed by atoms with E-state index in [9.17, 15) is 4.79 Å². The molecular weight excluding hydrogens is 322 g/mol. The van der Waals surface area contributed by atoms with Crippen LogP contribution in [0.5, 0.6) is 5.75 Å². The predicted octanol–water partition coefficient (Wildman–Crippen LogP) is 4.77. The zero-order valence-electron chi connectivity index (χ0n) is 14.7. The number of aryl methyl sites for hydroxylation is 2. The summed E-state index contributed by atoms with van der Waals surface area (Å²) in [7, 11) is 1.81. The van der Waals surface area contributed by atoms with Crippen molar-refractivity contribution in [2.45, 2.75) is 39.8 Å². The maximum Gasteiger partial charge on any atom is 0.263 e. The summed E-state index contributed by atoms with van der Waals surface area (Å²) in [5, 5.41) is 0.739. The van der Waals surface area contributed by atoms with Crippen molar-refractivity contribution < 1.29 is 9.53 Å². The van der Waals surface area contributed by atoms with Crippen LogP contribution in [-0.4, -0.2) is 24.0 Å². The van der Waals surface area contributed by atoms with Gasteiger partial charge in [0.15, 0.2) is 6.10 Å². The SMILES string of the molecule is CCC(Oc1cc(C)c(Cl)c(C)c1)C(=O)N(C)Cc1ccccc1. The smallest absolute Gasteiger partial charge is 0.263 e. The van der Waals surface area contributed by atoms with E-state index in [2.05, 4.69) is 0 Å². The van der Waals surface area contributed by atoms with Gasteiger partial charge in [-0.3, -0.25) is 4.79 Å². The summed E-state index contributed by atoms with van der Waals surface area (Å²) in [6.45, 7) is 6.39. The lowest BCUT2D eigenvalue weighted by atomic mass is 10.1. The highest BCUT2D eigenvalue weighted by molar-refractivity contribution is 6.32. The van der Waals surface area contributed by atoms with Crippen LogP contribution in [0.4, 0.5) is 0 Å². The first kappa shape index (κ1) is 18.3. The number of ether oxygens (including phenoxy) is 1. The van der Waals surface area contributed by atoms with Crippen molar-refractivity contribution in [1.29, 1.82) is 0 Å². The third-order valence-electron chi connectivity index (χ3n) is 3.97. The number of hydrogen-bond donors (Lipinski definition) is 0. The van der Waals surface area contributed by atoms with Crippen molar-refractivity contribution in [3.63, 3.8) is 0 Å².